The van der Waals surface area contributed by atoms with E-state index in [1.807, 2.05) is 0 Å². The molecule has 1 saturated carbocycles. The highest BCUT2D eigenvalue weighted by Gasteiger charge is 2.31. The molecule has 3 N–H and O–H groups in total. The number of nitrogens with zero attached hydrogens (tertiary/aromatic N) is 1. The molecule has 1 rings (SSSR count). The van der Waals surface area contributed by atoms with Crippen LogP contribution in [0.25, 0.3) is 0 Å². The third-order valence-electron chi connectivity index (χ3n) is 3.16. The Morgan fingerprint density at radius 2 is 2.00 bits per heavy atom. The lowest BCUT2D eigenvalue weighted by Gasteiger charge is -2.00. The highest BCUT2D eigenvalue weighted by molar-refractivity contribution is 5.79. The standard InChI is InChI=1S/C11H22N2O/c1-9-8-10(9)6-4-2-3-5-7-11(12)13-14/h9-10,14H,2-8H2,1H3,(H2,12,13)/t9?,10-/m0/s1. The van der Waals surface area contributed by atoms with Gasteiger partial charge >= 0.3 is 0 Å². The van der Waals surface area contributed by atoms with Crippen LogP contribution < -0.4 is 5.73 Å². The summed E-state index contributed by atoms with van der Waals surface area (Å²) >= 11 is 0. The van der Waals surface area contributed by atoms with Gasteiger partial charge in [0, 0.05) is 6.42 Å². The van der Waals surface area contributed by atoms with Gasteiger partial charge in [0.25, 0.3) is 0 Å². The van der Waals surface area contributed by atoms with E-state index in [4.69, 9.17) is 10.9 Å². The average Bonchev–Trinajstić information content (AvgIpc) is 2.87. The number of oxime groups is 1. The minimum absolute atomic E-state index is 0.362. The van der Waals surface area contributed by atoms with Crippen LogP contribution in [0.1, 0.15) is 51.9 Å². The van der Waals surface area contributed by atoms with Crippen LogP contribution >= 0.6 is 0 Å². The maximum Gasteiger partial charge on any atom is 0.139 e. The number of rotatable bonds is 7. The first-order valence-electron chi connectivity index (χ1n) is 5.70. The molecular formula is C11H22N2O. The van der Waals surface area contributed by atoms with E-state index in [0.717, 1.165) is 24.7 Å². The molecule has 0 amide bonds. The summed E-state index contributed by atoms with van der Waals surface area (Å²) in [6, 6.07) is 0. The van der Waals surface area contributed by atoms with Gasteiger partial charge in [-0.1, -0.05) is 37.8 Å². The largest absolute Gasteiger partial charge is 0.409 e. The molecule has 1 aliphatic carbocycles. The Labute approximate surface area is 86.4 Å². The molecule has 0 aromatic carbocycles. The Hall–Kier alpha value is -0.730. The molecule has 0 saturated heterocycles. The van der Waals surface area contributed by atoms with Crippen LogP contribution in [-0.4, -0.2) is 11.0 Å². The van der Waals surface area contributed by atoms with Crippen LogP contribution in [-0.2, 0) is 0 Å². The third-order valence-corrected chi connectivity index (χ3v) is 3.16. The summed E-state index contributed by atoms with van der Waals surface area (Å²) in [4.78, 5) is 0. The smallest absolute Gasteiger partial charge is 0.139 e. The summed E-state index contributed by atoms with van der Waals surface area (Å²) in [5.41, 5.74) is 5.36. The highest BCUT2D eigenvalue weighted by atomic mass is 16.4. The highest BCUT2D eigenvalue weighted by Crippen LogP contribution is 2.41. The Bertz CT molecular complexity index is 192. The van der Waals surface area contributed by atoms with Gasteiger partial charge in [-0.2, -0.15) is 0 Å². The molecule has 0 aliphatic heterocycles. The molecule has 0 aromatic heterocycles. The Morgan fingerprint density at radius 3 is 2.57 bits per heavy atom. The van der Waals surface area contributed by atoms with Crippen LogP contribution in [0.3, 0.4) is 0 Å². The predicted octanol–water partition coefficient (Wildman–Crippen LogP) is 2.73. The van der Waals surface area contributed by atoms with Crippen LogP contribution in [0.2, 0.25) is 0 Å². The van der Waals surface area contributed by atoms with E-state index in [0.29, 0.717) is 5.84 Å². The van der Waals surface area contributed by atoms with Gasteiger partial charge < -0.3 is 10.9 Å². The van der Waals surface area contributed by atoms with Crippen molar-refractivity contribution >= 4 is 5.84 Å². The van der Waals surface area contributed by atoms with Crippen LogP contribution in [0.15, 0.2) is 5.16 Å². The number of unbranched alkanes of at least 4 members (excludes halogenated alkanes) is 3. The van der Waals surface area contributed by atoms with Crippen molar-refractivity contribution in [3.05, 3.63) is 0 Å². The normalized spacial score (nSPS) is 26.5. The second kappa shape index (κ2) is 5.89. The first-order chi connectivity index (χ1) is 6.74. The van der Waals surface area contributed by atoms with Gasteiger partial charge in [-0.15, -0.1) is 0 Å². The van der Waals surface area contributed by atoms with Gasteiger partial charge in [-0.3, -0.25) is 0 Å². The lowest BCUT2D eigenvalue weighted by Crippen LogP contribution is -2.10. The third kappa shape index (κ3) is 4.49. The maximum absolute atomic E-state index is 8.31. The minimum Gasteiger partial charge on any atom is -0.409 e. The van der Waals surface area contributed by atoms with Crippen molar-refractivity contribution in [2.24, 2.45) is 22.7 Å². The predicted molar refractivity (Wildman–Crippen MR) is 58.4 cm³/mol. The van der Waals surface area contributed by atoms with Crippen molar-refractivity contribution < 1.29 is 5.21 Å². The molecule has 0 bridgehead atoms. The number of amidine groups is 1. The van der Waals surface area contributed by atoms with Gasteiger partial charge in [-0.05, 0) is 24.7 Å². The Kier molecular flexibility index (Phi) is 4.77. The van der Waals surface area contributed by atoms with Crippen LogP contribution in [0, 0.1) is 11.8 Å². The van der Waals surface area contributed by atoms with E-state index in [9.17, 15) is 0 Å². The summed E-state index contributed by atoms with van der Waals surface area (Å²) in [7, 11) is 0. The fraction of sp³-hybridized carbons (Fsp3) is 0.909. The quantitative estimate of drug-likeness (QED) is 0.217. The molecule has 3 nitrogen and oxygen atoms in total. The number of nitrogens with two attached hydrogens (primary N) is 1. The number of hydrogen-bond acceptors (Lipinski definition) is 2. The van der Waals surface area contributed by atoms with E-state index < -0.39 is 0 Å². The van der Waals surface area contributed by atoms with Crippen molar-refractivity contribution in [3.63, 3.8) is 0 Å². The molecule has 2 atom stereocenters. The molecular weight excluding hydrogens is 176 g/mol. The molecule has 0 aromatic rings. The molecule has 82 valence electrons. The maximum atomic E-state index is 8.31. The van der Waals surface area contributed by atoms with E-state index in [-0.39, 0.29) is 0 Å². The summed E-state index contributed by atoms with van der Waals surface area (Å²) in [6.45, 7) is 2.34. The summed E-state index contributed by atoms with van der Waals surface area (Å²) in [5, 5.41) is 11.3. The lowest BCUT2D eigenvalue weighted by molar-refractivity contribution is 0.316. The lowest BCUT2D eigenvalue weighted by atomic mass is 10.1. The Balaban J connectivity index is 1.80. The first kappa shape index (κ1) is 11.3. The zero-order valence-electron chi connectivity index (χ0n) is 9.08. The fourth-order valence-electron chi connectivity index (χ4n) is 1.92. The zero-order valence-corrected chi connectivity index (χ0v) is 9.08. The second-order valence-electron chi connectivity index (χ2n) is 4.52. The second-order valence-corrected chi connectivity index (χ2v) is 4.52. The molecule has 1 fully saturated rings. The van der Waals surface area contributed by atoms with Crippen molar-refractivity contribution in [3.8, 4) is 0 Å². The van der Waals surface area contributed by atoms with Crippen molar-refractivity contribution in [2.45, 2.75) is 51.9 Å². The molecule has 0 spiro atoms. The zero-order chi connectivity index (χ0) is 10.4. The SMILES string of the molecule is CC1C[C@@H]1CCCCCC/C(N)=N\O. The molecule has 0 heterocycles. The number of hydrogen-bond donors (Lipinski definition) is 2. The van der Waals surface area contributed by atoms with Crippen LogP contribution in [0.4, 0.5) is 0 Å². The van der Waals surface area contributed by atoms with E-state index >= 15 is 0 Å². The molecule has 14 heavy (non-hydrogen) atoms. The van der Waals surface area contributed by atoms with Gasteiger partial charge in [-0.25, -0.2) is 0 Å². The molecule has 0 radical (unpaired) electrons. The van der Waals surface area contributed by atoms with Gasteiger partial charge in [0.2, 0.25) is 0 Å². The molecule has 1 unspecified atom stereocenters. The Morgan fingerprint density at radius 1 is 1.36 bits per heavy atom. The molecule has 3 heteroatoms. The van der Waals surface area contributed by atoms with Crippen LogP contribution in [0.5, 0.6) is 0 Å². The van der Waals surface area contributed by atoms with E-state index in [2.05, 4.69) is 12.1 Å². The monoisotopic (exact) mass is 198 g/mol. The summed E-state index contributed by atoms with van der Waals surface area (Å²) < 4.78 is 0. The first-order valence-corrected chi connectivity index (χ1v) is 5.70. The van der Waals surface area contributed by atoms with E-state index in [1.54, 1.807) is 0 Å². The van der Waals surface area contributed by atoms with Crippen molar-refractivity contribution in [1.82, 2.24) is 0 Å². The topological polar surface area (TPSA) is 58.6 Å². The van der Waals surface area contributed by atoms with Gasteiger partial charge in [0.1, 0.15) is 5.84 Å². The minimum atomic E-state index is 0.362. The van der Waals surface area contributed by atoms with E-state index in [1.165, 1.54) is 32.1 Å². The summed E-state index contributed by atoms with van der Waals surface area (Å²) in [6.07, 6.45) is 8.49. The van der Waals surface area contributed by atoms with Gasteiger partial charge in [0.05, 0.1) is 0 Å². The van der Waals surface area contributed by atoms with Gasteiger partial charge in [0.15, 0.2) is 0 Å². The van der Waals surface area contributed by atoms with Crippen molar-refractivity contribution in [2.75, 3.05) is 0 Å². The molecule has 1 aliphatic rings. The average molecular weight is 198 g/mol. The van der Waals surface area contributed by atoms with Crippen molar-refractivity contribution in [1.29, 1.82) is 0 Å². The summed E-state index contributed by atoms with van der Waals surface area (Å²) in [5.74, 6) is 2.38. The fourth-order valence-corrected chi connectivity index (χ4v) is 1.92.